The number of carbonyl (C=O) groups is 5. The maximum atomic E-state index is 12.0. The van der Waals surface area contributed by atoms with Gasteiger partial charge < -0.3 is 9.74 Å². The van der Waals surface area contributed by atoms with Crippen molar-refractivity contribution in [3.8, 4) is 0 Å². The molecule has 0 bridgehead atoms. The number of fused-ring (bicyclic) bond motifs is 1. The number of rotatable bonds is 3. The third-order valence-electron chi connectivity index (χ3n) is 3.47. The van der Waals surface area contributed by atoms with Crippen LogP contribution in [0.2, 0.25) is 0 Å². The molecule has 3 rings (SSSR count). The van der Waals surface area contributed by atoms with E-state index in [0.29, 0.717) is 9.96 Å². The zero-order chi connectivity index (χ0) is 16.7. The minimum atomic E-state index is -1.06. The number of nitrogens with zero attached hydrogens (tertiary/aromatic N) is 3. The summed E-state index contributed by atoms with van der Waals surface area (Å²) in [6.45, 7) is -0.811. The van der Waals surface area contributed by atoms with E-state index in [9.17, 15) is 24.0 Å². The topological polar surface area (TPSA) is 104 Å². The van der Waals surface area contributed by atoms with Crippen molar-refractivity contribution in [2.24, 2.45) is 0 Å². The first-order valence-electron chi connectivity index (χ1n) is 6.64. The average molecular weight is 317 g/mol. The van der Waals surface area contributed by atoms with Crippen molar-refractivity contribution >= 4 is 29.7 Å². The van der Waals surface area contributed by atoms with Crippen molar-refractivity contribution in [2.45, 2.75) is 0 Å². The minimum absolute atomic E-state index is 0.123. The van der Waals surface area contributed by atoms with E-state index in [1.165, 1.54) is 19.2 Å². The van der Waals surface area contributed by atoms with Gasteiger partial charge in [0.05, 0.1) is 11.1 Å². The van der Waals surface area contributed by atoms with Crippen LogP contribution < -0.4 is 0 Å². The molecular formula is C14H11N3O6. The summed E-state index contributed by atoms with van der Waals surface area (Å²) in [5, 5.41) is 0.335. The number of benzene rings is 1. The molecule has 0 N–H and O–H groups in total. The van der Waals surface area contributed by atoms with E-state index in [0.717, 1.165) is 4.90 Å². The Kier molecular flexibility index (Phi) is 3.32. The fourth-order valence-electron chi connectivity index (χ4n) is 2.33. The second kappa shape index (κ2) is 5.20. The van der Waals surface area contributed by atoms with Crippen molar-refractivity contribution in [3.63, 3.8) is 0 Å². The fourth-order valence-corrected chi connectivity index (χ4v) is 2.33. The van der Waals surface area contributed by atoms with Gasteiger partial charge in [-0.2, -0.15) is 0 Å². The molecule has 1 saturated heterocycles. The molecule has 1 fully saturated rings. The van der Waals surface area contributed by atoms with E-state index in [1.807, 2.05) is 0 Å². The lowest BCUT2D eigenvalue weighted by molar-refractivity contribution is -0.169. The van der Waals surface area contributed by atoms with Gasteiger partial charge in [-0.1, -0.05) is 17.2 Å². The van der Waals surface area contributed by atoms with E-state index in [2.05, 4.69) is 0 Å². The van der Waals surface area contributed by atoms with Crippen LogP contribution in [0.1, 0.15) is 20.7 Å². The van der Waals surface area contributed by atoms with Crippen LogP contribution in [0.4, 0.5) is 4.79 Å². The molecule has 0 spiro atoms. The van der Waals surface area contributed by atoms with E-state index >= 15 is 0 Å². The van der Waals surface area contributed by atoms with Gasteiger partial charge in [0, 0.05) is 7.05 Å². The molecular weight excluding hydrogens is 306 g/mol. The molecule has 0 aliphatic carbocycles. The van der Waals surface area contributed by atoms with Gasteiger partial charge in [0.1, 0.15) is 13.1 Å². The molecule has 9 nitrogen and oxygen atoms in total. The highest BCUT2D eigenvalue weighted by molar-refractivity contribution is 6.21. The first-order valence-corrected chi connectivity index (χ1v) is 6.64. The van der Waals surface area contributed by atoms with Crippen LogP contribution in [0.3, 0.4) is 0 Å². The van der Waals surface area contributed by atoms with Crippen molar-refractivity contribution in [3.05, 3.63) is 35.4 Å². The summed E-state index contributed by atoms with van der Waals surface area (Å²) < 4.78 is 0. The fraction of sp³-hybridized carbons (Fsp3) is 0.214. The highest BCUT2D eigenvalue weighted by Gasteiger charge is 2.40. The lowest BCUT2D eigenvalue weighted by atomic mass is 10.1. The Morgan fingerprint density at radius 2 is 1.65 bits per heavy atom. The van der Waals surface area contributed by atoms with Crippen LogP contribution in [-0.2, 0) is 14.4 Å². The Hall–Kier alpha value is -3.23. The number of imide groups is 2. The molecule has 9 heteroatoms. The zero-order valence-corrected chi connectivity index (χ0v) is 12.0. The first kappa shape index (κ1) is 14.7. The highest BCUT2D eigenvalue weighted by atomic mass is 16.7. The van der Waals surface area contributed by atoms with Crippen LogP contribution in [-0.4, -0.2) is 64.7 Å². The molecule has 1 aromatic carbocycles. The summed E-state index contributed by atoms with van der Waals surface area (Å²) in [7, 11) is 1.41. The third-order valence-corrected chi connectivity index (χ3v) is 3.47. The maximum absolute atomic E-state index is 12.0. The van der Waals surface area contributed by atoms with E-state index < -0.39 is 36.3 Å². The monoisotopic (exact) mass is 317 g/mol. The highest BCUT2D eigenvalue weighted by Crippen LogP contribution is 2.22. The molecule has 0 aromatic heterocycles. The normalized spacial score (nSPS) is 17.2. The Morgan fingerprint density at radius 3 is 2.13 bits per heavy atom. The number of amides is 5. The molecule has 2 aliphatic heterocycles. The van der Waals surface area contributed by atoms with Gasteiger partial charge in [0.25, 0.3) is 17.7 Å². The SMILES string of the molecule is CN1CC(=O)N(CC(=O)ON2C(=O)c3ccccc3C2=O)C1=O. The van der Waals surface area contributed by atoms with Crippen LogP contribution >= 0.6 is 0 Å². The van der Waals surface area contributed by atoms with Gasteiger partial charge in [-0.05, 0) is 12.1 Å². The number of carbonyl (C=O) groups excluding carboxylic acids is 5. The maximum Gasteiger partial charge on any atom is 0.353 e. The molecule has 2 heterocycles. The summed E-state index contributed by atoms with van der Waals surface area (Å²) in [5.41, 5.74) is 0.247. The second-order valence-electron chi connectivity index (χ2n) is 5.03. The molecule has 0 atom stereocenters. The van der Waals surface area contributed by atoms with Crippen LogP contribution in [0.5, 0.6) is 0 Å². The van der Waals surface area contributed by atoms with Gasteiger partial charge in [-0.15, -0.1) is 0 Å². The summed E-state index contributed by atoms with van der Waals surface area (Å²) in [6, 6.07) is 5.38. The number of hydroxylamine groups is 2. The molecule has 0 unspecified atom stereocenters. The Bertz CT molecular complexity index is 724. The van der Waals surface area contributed by atoms with Crippen molar-refractivity contribution in [1.82, 2.24) is 14.9 Å². The number of urea groups is 1. The second-order valence-corrected chi connectivity index (χ2v) is 5.03. The molecule has 23 heavy (non-hydrogen) atoms. The van der Waals surface area contributed by atoms with Gasteiger partial charge >= 0.3 is 12.0 Å². The van der Waals surface area contributed by atoms with E-state index in [4.69, 9.17) is 4.84 Å². The molecule has 0 saturated carbocycles. The summed E-state index contributed by atoms with van der Waals surface area (Å²) in [4.78, 5) is 65.8. The van der Waals surface area contributed by atoms with E-state index in [1.54, 1.807) is 12.1 Å². The first-order chi connectivity index (χ1) is 10.9. The summed E-state index contributed by atoms with van der Waals surface area (Å²) in [6.07, 6.45) is 0. The molecule has 1 aromatic rings. The Morgan fingerprint density at radius 1 is 1.09 bits per heavy atom. The Balaban J connectivity index is 1.70. The summed E-state index contributed by atoms with van der Waals surface area (Å²) in [5.74, 6) is -3.15. The predicted octanol–water partition coefficient (Wildman–Crippen LogP) is -0.365. The Labute approximate surface area is 129 Å². The smallest absolute Gasteiger partial charge is 0.328 e. The van der Waals surface area contributed by atoms with Gasteiger partial charge in [0.15, 0.2) is 0 Å². The largest absolute Gasteiger partial charge is 0.353 e. The predicted molar refractivity (Wildman–Crippen MR) is 72.8 cm³/mol. The lowest BCUT2D eigenvalue weighted by Gasteiger charge is -2.16. The van der Waals surface area contributed by atoms with Crippen molar-refractivity contribution in [1.29, 1.82) is 0 Å². The zero-order valence-electron chi connectivity index (χ0n) is 12.0. The quantitative estimate of drug-likeness (QED) is 0.557. The van der Waals surface area contributed by atoms with E-state index in [-0.39, 0.29) is 17.7 Å². The molecule has 0 radical (unpaired) electrons. The minimum Gasteiger partial charge on any atom is -0.328 e. The van der Waals surface area contributed by atoms with Crippen LogP contribution in [0.25, 0.3) is 0 Å². The van der Waals surface area contributed by atoms with Crippen LogP contribution in [0.15, 0.2) is 24.3 Å². The van der Waals surface area contributed by atoms with Crippen molar-refractivity contribution < 1.29 is 28.8 Å². The van der Waals surface area contributed by atoms with Gasteiger partial charge in [-0.3, -0.25) is 19.3 Å². The van der Waals surface area contributed by atoms with Gasteiger partial charge in [-0.25, -0.2) is 9.59 Å². The standard InChI is InChI=1S/C14H11N3O6/c1-15-6-10(18)16(14(15)22)7-11(19)23-17-12(20)8-4-2-3-5-9(8)13(17)21/h2-5H,6-7H2,1H3. The molecule has 118 valence electrons. The number of likely N-dealkylation sites (N-methyl/N-ethyl adjacent to an activating group) is 1. The van der Waals surface area contributed by atoms with Gasteiger partial charge in [0.2, 0.25) is 0 Å². The molecule has 5 amide bonds. The third kappa shape index (κ3) is 2.31. The summed E-state index contributed by atoms with van der Waals surface area (Å²) >= 11 is 0. The van der Waals surface area contributed by atoms with Crippen molar-refractivity contribution in [2.75, 3.05) is 20.1 Å². The number of hydrogen-bond donors (Lipinski definition) is 0. The average Bonchev–Trinajstić information content (AvgIpc) is 2.90. The lowest BCUT2D eigenvalue weighted by Crippen LogP contribution is -2.40. The van der Waals surface area contributed by atoms with Crippen LogP contribution in [0, 0.1) is 0 Å². The molecule has 2 aliphatic rings. The number of hydrogen-bond acceptors (Lipinski definition) is 6.